The maximum absolute atomic E-state index is 11.9. The summed E-state index contributed by atoms with van der Waals surface area (Å²) in [5, 5.41) is 3.57. The molecule has 1 aliphatic heterocycles. The molecule has 0 saturated heterocycles. The van der Waals surface area contributed by atoms with Gasteiger partial charge in [0, 0.05) is 22.8 Å². The highest BCUT2D eigenvalue weighted by molar-refractivity contribution is 6.34. The van der Waals surface area contributed by atoms with Crippen LogP contribution in [0.15, 0.2) is 36.4 Å². The molecule has 2 aromatic rings. The van der Waals surface area contributed by atoms with Crippen molar-refractivity contribution in [3.63, 3.8) is 0 Å². The number of ether oxygens (including phenoxy) is 3. The van der Waals surface area contributed by atoms with Crippen molar-refractivity contribution in [2.24, 2.45) is 0 Å². The van der Waals surface area contributed by atoms with Gasteiger partial charge in [-0.05, 0) is 24.3 Å². The molecule has 1 N–H and O–H groups in total. The number of fused-ring (bicyclic) bond motifs is 1. The Morgan fingerprint density at radius 3 is 2.82 bits per heavy atom. The first-order valence-corrected chi connectivity index (χ1v) is 7.15. The highest BCUT2D eigenvalue weighted by Gasteiger charge is 2.14. The van der Waals surface area contributed by atoms with Crippen LogP contribution in [-0.4, -0.2) is 19.3 Å². The Balaban J connectivity index is 1.59. The molecule has 0 fully saturated rings. The van der Waals surface area contributed by atoms with E-state index in [4.69, 9.17) is 37.4 Å². The van der Waals surface area contributed by atoms with Gasteiger partial charge in [0.1, 0.15) is 5.75 Å². The van der Waals surface area contributed by atoms with Crippen LogP contribution in [0.3, 0.4) is 0 Å². The number of hydrogen-bond donors (Lipinski definition) is 1. The second kappa shape index (κ2) is 6.34. The minimum absolute atomic E-state index is 0.184. The third-order valence-corrected chi connectivity index (χ3v) is 3.46. The van der Waals surface area contributed by atoms with Gasteiger partial charge in [-0.1, -0.05) is 23.2 Å². The summed E-state index contributed by atoms with van der Waals surface area (Å²) in [7, 11) is 0. The monoisotopic (exact) mass is 339 g/mol. The van der Waals surface area contributed by atoms with Crippen molar-refractivity contribution in [3.05, 3.63) is 46.4 Å². The van der Waals surface area contributed by atoms with Crippen LogP contribution in [0.4, 0.5) is 5.69 Å². The second-order valence-electron chi connectivity index (χ2n) is 4.48. The van der Waals surface area contributed by atoms with Crippen LogP contribution in [-0.2, 0) is 4.79 Å². The van der Waals surface area contributed by atoms with E-state index in [0.29, 0.717) is 33.0 Å². The highest BCUT2D eigenvalue weighted by atomic mass is 35.5. The highest BCUT2D eigenvalue weighted by Crippen LogP contribution is 2.34. The molecular weight excluding hydrogens is 329 g/mol. The standard InChI is InChI=1S/C15H11Cl2NO4/c16-9-1-3-11(17)13(5-9)20-7-15(19)18-10-2-4-12-14(6-10)22-8-21-12/h1-6H,7-8H2,(H,18,19). The number of benzene rings is 2. The number of hydrogen-bond acceptors (Lipinski definition) is 4. The van der Waals surface area contributed by atoms with Crippen molar-refractivity contribution in [1.29, 1.82) is 0 Å². The fraction of sp³-hybridized carbons (Fsp3) is 0.133. The molecule has 7 heteroatoms. The van der Waals surface area contributed by atoms with Crippen LogP contribution in [0, 0.1) is 0 Å². The Hall–Kier alpha value is -2.11. The van der Waals surface area contributed by atoms with E-state index < -0.39 is 0 Å². The molecule has 5 nitrogen and oxygen atoms in total. The van der Waals surface area contributed by atoms with E-state index in [9.17, 15) is 4.79 Å². The molecule has 1 aliphatic rings. The first-order chi connectivity index (χ1) is 10.6. The zero-order chi connectivity index (χ0) is 15.5. The maximum atomic E-state index is 11.9. The van der Waals surface area contributed by atoms with Gasteiger partial charge in [0.15, 0.2) is 18.1 Å². The Bertz CT molecular complexity index is 721. The molecule has 1 heterocycles. The first-order valence-electron chi connectivity index (χ1n) is 6.39. The van der Waals surface area contributed by atoms with Gasteiger partial charge in [0.25, 0.3) is 5.91 Å². The molecule has 0 aromatic heterocycles. The zero-order valence-electron chi connectivity index (χ0n) is 11.3. The fourth-order valence-electron chi connectivity index (χ4n) is 1.90. The Morgan fingerprint density at radius 1 is 1.14 bits per heavy atom. The number of nitrogens with one attached hydrogen (secondary N) is 1. The number of halogens is 2. The largest absolute Gasteiger partial charge is 0.482 e. The third kappa shape index (κ3) is 3.37. The van der Waals surface area contributed by atoms with Gasteiger partial charge in [0.05, 0.1) is 5.02 Å². The van der Waals surface area contributed by atoms with Crippen LogP contribution in [0.25, 0.3) is 0 Å². The summed E-state index contributed by atoms with van der Waals surface area (Å²) < 4.78 is 15.8. The number of carbonyl (C=O) groups is 1. The molecule has 3 rings (SSSR count). The summed E-state index contributed by atoms with van der Waals surface area (Å²) in [5.74, 6) is 1.28. The van der Waals surface area contributed by atoms with Gasteiger partial charge >= 0.3 is 0 Å². The van der Waals surface area contributed by atoms with Crippen molar-refractivity contribution in [2.45, 2.75) is 0 Å². The van der Waals surface area contributed by atoms with E-state index in [1.54, 1.807) is 36.4 Å². The Kier molecular flexibility index (Phi) is 4.27. The summed E-state index contributed by atoms with van der Waals surface area (Å²) in [6, 6.07) is 9.94. The van der Waals surface area contributed by atoms with E-state index in [1.807, 2.05) is 0 Å². The van der Waals surface area contributed by atoms with Crippen molar-refractivity contribution in [1.82, 2.24) is 0 Å². The molecule has 0 unspecified atom stereocenters. The van der Waals surface area contributed by atoms with E-state index in [0.717, 1.165) is 0 Å². The van der Waals surface area contributed by atoms with Gasteiger partial charge in [-0.15, -0.1) is 0 Å². The molecule has 0 radical (unpaired) electrons. The predicted octanol–water partition coefficient (Wildman–Crippen LogP) is 3.74. The second-order valence-corrected chi connectivity index (χ2v) is 5.32. The molecule has 0 saturated carbocycles. The lowest BCUT2D eigenvalue weighted by atomic mass is 10.3. The minimum Gasteiger partial charge on any atom is -0.482 e. The third-order valence-electron chi connectivity index (χ3n) is 2.91. The Labute approximate surface area is 136 Å². The number of carbonyl (C=O) groups excluding carboxylic acids is 1. The van der Waals surface area contributed by atoms with Gasteiger partial charge < -0.3 is 19.5 Å². The molecule has 0 spiro atoms. The van der Waals surface area contributed by atoms with Crippen molar-refractivity contribution >= 4 is 34.8 Å². The lowest BCUT2D eigenvalue weighted by molar-refractivity contribution is -0.118. The molecule has 0 atom stereocenters. The smallest absolute Gasteiger partial charge is 0.262 e. The SMILES string of the molecule is O=C(COc1cc(Cl)ccc1Cl)Nc1ccc2c(c1)OCO2. The maximum Gasteiger partial charge on any atom is 0.262 e. The fourth-order valence-corrected chi connectivity index (χ4v) is 2.24. The number of anilines is 1. The quantitative estimate of drug-likeness (QED) is 0.921. The van der Waals surface area contributed by atoms with Crippen LogP contribution >= 0.6 is 23.2 Å². The topological polar surface area (TPSA) is 56.8 Å². The number of amides is 1. The molecule has 0 bridgehead atoms. The van der Waals surface area contributed by atoms with E-state index in [2.05, 4.69) is 5.32 Å². The van der Waals surface area contributed by atoms with Crippen LogP contribution in [0.1, 0.15) is 0 Å². The minimum atomic E-state index is -0.324. The average molecular weight is 340 g/mol. The lowest BCUT2D eigenvalue weighted by Gasteiger charge is -2.09. The number of rotatable bonds is 4. The summed E-state index contributed by atoms with van der Waals surface area (Å²) in [6.07, 6.45) is 0. The molecule has 0 aliphatic carbocycles. The normalized spacial score (nSPS) is 12.1. The van der Waals surface area contributed by atoms with E-state index >= 15 is 0 Å². The molecule has 22 heavy (non-hydrogen) atoms. The summed E-state index contributed by atoms with van der Waals surface area (Å²) in [6.45, 7) is -0.00237. The summed E-state index contributed by atoms with van der Waals surface area (Å²) in [5.41, 5.74) is 0.593. The zero-order valence-corrected chi connectivity index (χ0v) is 12.8. The summed E-state index contributed by atoms with van der Waals surface area (Å²) >= 11 is 11.8. The van der Waals surface area contributed by atoms with Crippen molar-refractivity contribution in [2.75, 3.05) is 18.7 Å². The lowest BCUT2D eigenvalue weighted by Crippen LogP contribution is -2.20. The first kappa shape index (κ1) is 14.8. The predicted molar refractivity (Wildman–Crippen MR) is 83.2 cm³/mol. The average Bonchev–Trinajstić information content (AvgIpc) is 2.96. The molecule has 1 amide bonds. The van der Waals surface area contributed by atoms with E-state index in [1.165, 1.54) is 0 Å². The summed E-state index contributed by atoms with van der Waals surface area (Å²) in [4.78, 5) is 11.9. The van der Waals surface area contributed by atoms with Crippen LogP contribution in [0.5, 0.6) is 17.2 Å². The van der Waals surface area contributed by atoms with Crippen molar-refractivity contribution in [3.8, 4) is 17.2 Å². The van der Waals surface area contributed by atoms with Gasteiger partial charge in [0.2, 0.25) is 6.79 Å². The van der Waals surface area contributed by atoms with Gasteiger partial charge in [-0.25, -0.2) is 0 Å². The molecular formula is C15H11Cl2NO4. The molecule has 114 valence electrons. The van der Waals surface area contributed by atoms with Gasteiger partial charge in [-0.2, -0.15) is 0 Å². The van der Waals surface area contributed by atoms with Crippen molar-refractivity contribution < 1.29 is 19.0 Å². The van der Waals surface area contributed by atoms with Gasteiger partial charge in [-0.3, -0.25) is 4.79 Å². The van der Waals surface area contributed by atoms with Crippen LogP contribution < -0.4 is 19.5 Å². The molecule has 2 aromatic carbocycles. The van der Waals surface area contributed by atoms with E-state index in [-0.39, 0.29) is 19.3 Å². The Morgan fingerprint density at radius 2 is 1.95 bits per heavy atom. The van der Waals surface area contributed by atoms with Crippen LogP contribution in [0.2, 0.25) is 10.0 Å².